The fourth-order valence-corrected chi connectivity index (χ4v) is 4.91. The number of nitrogens with zero attached hydrogens (tertiary/aromatic N) is 1. The average Bonchev–Trinajstić information content (AvgIpc) is 2.90. The molecule has 2 aliphatic rings. The predicted octanol–water partition coefficient (Wildman–Crippen LogP) is -0.190. The summed E-state index contributed by atoms with van der Waals surface area (Å²) in [6, 6.07) is 8.69. The van der Waals surface area contributed by atoms with E-state index in [4.69, 9.17) is 0 Å². The van der Waals surface area contributed by atoms with Crippen LogP contribution in [0.25, 0.3) is 0 Å². The predicted molar refractivity (Wildman–Crippen MR) is 94.5 cm³/mol. The number of nitrogens with two attached hydrogens (primary N) is 1. The van der Waals surface area contributed by atoms with Crippen molar-refractivity contribution < 1.29 is 15.0 Å². The van der Waals surface area contributed by atoms with Crippen molar-refractivity contribution in [2.45, 2.75) is 30.9 Å². The largest absolute Gasteiger partial charge is 0.337 e. The Hall–Kier alpha value is -1.04. The van der Waals surface area contributed by atoms with Crippen molar-refractivity contribution in [2.75, 3.05) is 39.3 Å². The van der Waals surface area contributed by atoms with Gasteiger partial charge in [0.25, 0.3) is 0 Å². The summed E-state index contributed by atoms with van der Waals surface area (Å²) in [7, 11) is 0. The van der Waals surface area contributed by atoms with E-state index in [1.807, 2.05) is 11.8 Å². The molecule has 2 fully saturated rings. The molecule has 0 aliphatic carbocycles. The number of carbonyl (C=O) groups excluding carboxylic acids is 1. The van der Waals surface area contributed by atoms with Gasteiger partial charge < -0.3 is 15.1 Å². The van der Waals surface area contributed by atoms with E-state index in [0.29, 0.717) is 5.91 Å². The maximum absolute atomic E-state index is 12.7. The van der Waals surface area contributed by atoms with E-state index >= 15 is 0 Å². The summed E-state index contributed by atoms with van der Waals surface area (Å²) in [5.74, 6) is 0.339. The first-order valence-electron chi connectivity index (χ1n) is 8.86. The van der Waals surface area contributed by atoms with Crippen LogP contribution in [0.4, 0.5) is 0 Å². The molecule has 2 saturated heterocycles. The molecule has 0 radical (unpaired) electrons. The molecule has 3 rings (SSSR count). The quantitative estimate of drug-likeness (QED) is 0.783. The number of aryl methyl sites for hydroxylation is 1. The van der Waals surface area contributed by atoms with E-state index in [9.17, 15) is 4.79 Å². The average molecular weight is 336 g/mol. The molecule has 5 heteroatoms. The molecule has 0 bridgehead atoms. The fraction of sp³-hybridized carbons (Fsp3) is 0.611. The first-order valence-corrected chi connectivity index (χ1v) is 9.81. The third-order valence-corrected chi connectivity index (χ3v) is 6.63. The van der Waals surface area contributed by atoms with Gasteiger partial charge in [0.1, 0.15) is 31.6 Å². The molecule has 1 aromatic rings. The van der Waals surface area contributed by atoms with Gasteiger partial charge in [-0.2, -0.15) is 0 Å². The Morgan fingerprint density at radius 2 is 1.96 bits per heavy atom. The Labute approximate surface area is 143 Å². The summed E-state index contributed by atoms with van der Waals surface area (Å²) in [5.41, 5.74) is 2.54. The van der Waals surface area contributed by atoms with Crippen LogP contribution >= 0.6 is 11.8 Å². The molecule has 126 valence electrons. The molecule has 3 N–H and O–H groups in total. The standard InChI is InChI=1S/C18H27N3OS/c1-3-16-17(22)21(13-12-20-10-8-19-9-11-20)18(23-16)15-6-4-14(2)5-7-15/h4-7,16,18-19H,3,8-13H2,1-2H3/p+2/t16-,18+/m0/s1. The number of hydrogen-bond acceptors (Lipinski definition) is 2. The van der Waals surface area contributed by atoms with Gasteiger partial charge in [0.2, 0.25) is 5.91 Å². The maximum atomic E-state index is 12.7. The van der Waals surface area contributed by atoms with Crippen molar-refractivity contribution in [3.8, 4) is 0 Å². The summed E-state index contributed by atoms with van der Waals surface area (Å²) in [4.78, 5) is 16.5. The number of piperazine rings is 1. The van der Waals surface area contributed by atoms with E-state index in [1.165, 1.54) is 37.3 Å². The highest BCUT2D eigenvalue weighted by Crippen LogP contribution is 2.43. The highest BCUT2D eigenvalue weighted by atomic mass is 32.2. The number of hydrogen-bond donors (Lipinski definition) is 2. The number of thioether (sulfide) groups is 1. The molecule has 0 saturated carbocycles. The highest BCUT2D eigenvalue weighted by molar-refractivity contribution is 8.01. The van der Waals surface area contributed by atoms with Crippen LogP contribution in [-0.2, 0) is 4.79 Å². The second kappa shape index (κ2) is 7.69. The second-order valence-corrected chi connectivity index (χ2v) is 7.98. The minimum Gasteiger partial charge on any atom is -0.337 e. The molecular weight excluding hydrogens is 306 g/mol. The molecule has 1 amide bonds. The van der Waals surface area contributed by atoms with Gasteiger partial charge in [-0.25, -0.2) is 0 Å². The van der Waals surface area contributed by atoms with E-state index in [1.54, 1.807) is 4.90 Å². The summed E-state index contributed by atoms with van der Waals surface area (Å²) in [6.45, 7) is 11.1. The lowest BCUT2D eigenvalue weighted by atomic mass is 10.1. The molecule has 1 aromatic carbocycles. The molecule has 4 nitrogen and oxygen atoms in total. The normalized spacial score (nSPS) is 26.0. The lowest BCUT2D eigenvalue weighted by Crippen LogP contribution is -3.20. The second-order valence-electron chi connectivity index (χ2n) is 6.69. The Balaban J connectivity index is 1.70. The van der Waals surface area contributed by atoms with Crippen LogP contribution in [-0.4, -0.2) is 55.3 Å². The van der Waals surface area contributed by atoms with Crippen molar-refractivity contribution in [2.24, 2.45) is 0 Å². The van der Waals surface area contributed by atoms with Crippen LogP contribution in [0, 0.1) is 6.92 Å². The van der Waals surface area contributed by atoms with Crippen LogP contribution < -0.4 is 10.2 Å². The van der Waals surface area contributed by atoms with Gasteiger partial charge in [-0.3, -0.25) is 4.79 Å². The first-order chi connectivity index (χ1) is 11.2. The van der Waals surface area contributed by atoms with E-state index in [-0.39, 0.29) is 10.6 Å². The van der Waals surface area contributed by atoms with Crippen LogP contribution in [0.2, 0.25) is 0 Å². The van der Waals surface area contributed by atoms with Crippen molar-refractivity contribution in [3.05, 3.63) is 35.4 Å². The third kappa shape index (κ3) is 3.90. The molecule has 23 heavy (non-hydrogen) atoms. The van der Waals surface area contributed by atoms with Crippen molar-refractivity contribution >= 4 is 17.7 Å². The summed E-state index contributed by atoms with van der Waals surface area (Å²) < 4.78 is 0. The van der Waals surface area contributed by atoms with E-state index in [0.717, 1.165) is 19.5 Å². The Morgan fingerprint density at radius 3 is 2.61 bits per heavy atom. The number of rotatable bonds is 5. The molecular formula is C18H29N3OS+2. The van der Waals surface area contributed by atoms with Crippen molar-refractivity contribution in [1.29, 1.82) is 0 Å². The first kappa shape index (κ1) is 16.8. The van der Waals surface area contributed by atoms with Crippen molar-refractivity contribution in [1.82, 2.24) is 4.90 Å². The monoisotopic (exact) mass is 335 g/mol. The highest BCUT2D eigenvalue weighted by Gasteiger charge is 2.40. The minimum atomic E-state index is 0.131. The lowest BCUT2D eigenvalue weighted by molar-refractivity contribution is -0.946. The molecule has 0 aromatic heterocycles. The maximum Gasteiger partial charge on any atom is 0.237 e. The topological polar surface area (TPSA) is 41.4 Å². The Bertz CT molecular complexity index is 528. The number of nitrogens with one attached hydrogen (secondary N) is 1. The van der Waals surface area contributed by atoms with Crippen LogP contribution in [0.1, 0.15) is 29.8 Å². The smallest absolute Gasteiger partial charge is 0.237 e. The minimum absolute atomic E-state index is 0.131. The van der Waals surface area contributed by atoms with Crippen LogP contribution in [0.3, 0.4) is 0 Å². The number of amides is 1. The summed E-state index contributed by atoms with van der Waals surface area (Å²) >= 11 is 1.83. The SMILES string of the molecule is CC[C@@H]1S[C@H](c2ccc(C)cc2)N(CC[NH+]2CC[NH2+]CC2)C1=O. The molecule has 2 aliphatic heterocycles. The van der Waals surface area contributed by atoms with E-state index < -0.39 is 0 Å². The zero-order chi connectivity index (χ0) is 16.2. The molecule has 0 unspecified atom stereocenters. The van der Waals surface area contributed by atoms with Gasteiger partial charge >= 0.3 is 0 Å². The zero-order valence-corrected chi connectivity index (χ0v) is 15.1. The molecule has 2 atom stereocenters. The Morgan fingerprint density at radius 1 is 1.26 bits per heavy atom. The van der Waals surface area contributed by atoms with Gasteiger partial charge in [0.05, 0.1) is 18.3 Å². The summed E-state index contributed by atoms with van der Waals surface area (Å²) in [5, 5.41) is 2.72. The third-order valence-electron chi connectivity index (χ3n) is 4.98. The molecule has 2 heterocycles. The van der Waals surface area contributed by atoms with Gasteiger partial charge in [-0.1, -0.05) is 36.8 Å². The van der Waals surface area contributed by atoms with Gasteiger partial charge in [-0.15, -0.1) is 11.8 Å². The van der Waals surface area contributed by atoms with Crippen LogP contribution in [0.15, 0.2) is 24.3 Å². The van der Waals surface area contributed by atoms with Crippen molar-refractivity contribution in [3.63, 3.8) is 0 Å². The molecule has 0 spiro atoms. The lowest BCUT2D eigenvalue weighted by Gasteiger charge is -2.28. The van der Waals surface area contributed by atoms with Gasteiger partial charge in [0, 0.05) is 0 Å². The van der Waals surface area contributed by atoms with E-state index in [2.05, 4.69) is 48.3 Å². The van der Waals surface area contributed by atoms with Gasteiger partial charge in [-0.05, 0) is 18.9 Å². The number of quaternary nitrogens is 2. The Kier molecular flexibility index (Phi) is 5.62. The fourth-order valence-electron chi connectivity index (χ4n) is 3.49. The summed E-state index contributed by atoms with van der Waals surface area (Å²) in [6.07, 6.45) is 0.924. The zero-order valence-electron chi connectivity index (χ0n) is 14.3. The van der Waals surface area contributed by atoms with Gasteiger partial charge in [0.15, 0.2) is 0 Å². The van der Waals surface area contributed by atoms with Crippen LogP contribution in [0.5, 0.6) is 0 Å². The number of benzene rings is 1. The number of carbonyl (C=O) groups is 1.